The monoisotopic (exact) mass is 534 g/mol. The van der Waals surface area contributed by atoms with Gasteiger partial charge in [-0.15, -0.1) is 0 Å². The minimum atomic E-state index is -1.04. The second kappa shape index (κ2) is 11.7. The largest absolute Gasteiger partial charge is 0.497 e. The van der Waals surface area contributed by atoms with E-state index in [1.165, 1.54) is 6.08 Å². The van der Waals surface area contributed by atoms with Crippen molar-refractivity contribution in [2.24, 2.45) is 0 Å². The van der Waals surface area contributed by atoms with Gasteiger partial charge >= 0.3 is 5.97 Å². The van der Waals surface area contributed by atoms with Gasteiger partial charge in [0.15, 0.2) is 17.0 Å². The van der Waals surface area contributed by atoms with Gasteiger partial charge in [0.05, 0.1) is 18.2 Å². The number of esters is 1. The number of methoxy groups -OCH3 is 1. The molecule has 2 heterocycles. The van der Waals surface area contributed by atoms with Gasteiger partial charge in [-0.3, -0.25) is 14.9 Å². The van der Waals surface area contributed by atoms with E-state index in [0.29, 0.717) is 28.0 Å². The predicted molar refractivity (Wildman–Crippen MR) is 145 cm³/mol. The van der Waals surface area contributed by atoms with Crippen molar-refractivity contribution in [3.05, 3.63) is 82.0 Å². The first-order chi connectivity index (χ1) is 18.4. The molecule has 0 spiro atoms. The van der Waals surface area contributed by atoms with Gasteiger partial charge in [-0.05, 0) is 49.7 Å². The normalized spacial score (nSPS) is 11.6. The fraction of sp³-hybridized carbons (Fsp3) is 0.214. The third-order valence-electron chi connectivity index (χ3n) is 5.58. The summed E-state index contributed by atoms with van der Waals surface area (Å²) in [5.74, 6) is -0.335. The molecule has 0 fully saturated rings. The number of rotatable bonds is 10. The number of carbonyl (C=O) groups excluding carboxylic acids is 2. The molecule has 1 unspecified atom stereocenters. The maximum absolute atomic E-state index is 13.5. The molecule has 2 aromatic heterocycles. The number of nitrogens with zero attached hydrogens (tertiary/aromatic N) is 1. The van der Waals surface area contributed by atoms with Crippen LogP contribution >= 0.6 is 11.3 Å². The lowest BCUT2D eigenvalue weighted by atomic mass is 10.1. The highest BCUT2D eigenvalue weighted by Gasteiger charge is 2.26. The van der Waals surface area contributed by atoms with Crippen LogP contribution in [0.3, 0.4) is 0 Å². The maximum atomic E-state index is 13.5. The number of aryl methyl sites for hydroxylation is 1. The molecule has 1 N–H and O–H groups in total. The number of hydrogen-bond donors (Lipinski definition) is 1. The summed E-state index contributed by atoms with van der Waals surface area (Å²) in [5.41, 5.74) is 0.992. The van der Waals surface area contributed by atoms with Crippen molar-refractivity contribution in [2.75, 3.05) is 19.0 Å². The first-order valence-electron chi connectivity index (χ1n) is 11.8. The number of hydrogen-bond acceptors (Lipinski definition) is 9. The Labute approximate surface area is 222 Å². The first kappa shape index (κ1) is 26.6. The molecule has 10 heteroatoms. The average Bonchev–Trinajstić information content (AvgIpc) is 3.30. The van der Waals surface area contributed by atoms with Crippen molar-refractivity contribution >= 4 is 39.3 Å². The van der Waals surface area contributed by atoms with E-state index >= 15 is 0 Å². The molecule has 1 amide bonds. The number of para-hydroxylation sites is 1. The van der Waals surface area contributed by atoms with E-state index < -0.39 is 23.4 Å². The quantitative estimate of drug-likeness (QED) is 0.213. The molecule has 0 aliphatic rings. The number of amides is 1. The van der Waals surface area contributed by atoms with Gasteiger partial charge in [0.1, 0.15) is 22.8 Å². The third kappa shape index (κ3) is 5.60. The smallest absolute Gasteiger partial charge is 0.350 e. The maximum Gasteiger partial charge on any atom is 0.350 e. The van der Waals surface area contributed by atoms with Gasteiger partial charge in [-0.25, -0.2) is 9.78 Å². The minimum Gasteiger partial charge on any atom is -0.497 e. The molecule has 0 aliphatic heterocycles. The number of aromatic nitrogens is 1. The van der Waals surface area contributed by atoms with E-state index in [1.807, 2.05) is 0 Å². The van der Waals surface area contributed by atoms with Crippen LogP contribution in [0.2, 0.25) is 0 Å². The first-order valence-corrected chi connectivity index (χ1v) is 12.6. The van der Waals surface area contributed by atoms with Gasteiger partial charge < -0.3 is 18.6 Å². The standard InChI is InChI=1S/C28H26N2O7S/c1-5-15-35-27(33)25-16(3)29-28(38-25)30-26(32)20(6-2)36-24-22(31)19-9-7-8-10-21(19)37-23(24)17-11-13-18(34-4)14-12-17/h5,7-14,20H,1,6,15H2,2-4H3,(H,29,30,32). The molecule has 4 aromatic rings. The summed E-state index contributed by atoms with van der Waals surface area (Å²) < 4.78 is 22.4. The van der Waals surface area contributed by atoms with Crippen molar-refractivity contribution in [3.8, 4) is 22.8 Å². The van der Waals surface area contributed by atoms with Crippen LogP contribution < -0.4 is 20.2 Å². The van der Waals surface area contributed by atoms with Crippen LogP contribution in [0.4, 0.5) is 5.13 Å². The highest BCUT2D eigenvalue weighted by molar-refractivity contribution is 7.17. The Kier molecular flexibility index (Phi) is 8.22. The minimum absolute atomic E-state index is 0.0640. The molecule has 0 aliphatic carbocycles. The summed E-state index contributed by atoms with van der Waals surface area (Å²) in [5, 5.41) is 3.22. The molecular weight excluding hydrogens is 508 g/mol. The zero-order chi connectivity index (χ0) is 27.2. The molecule has 4 rings (SSSR count). The Hall–Kier alpha value is -4.44. The van der Waals surface area contributed by atoms with E-state index in [1.54, 1.807) is 69.5 Å². The number of fused-ring (bicyclic) bond motifs is 1. The number of anilines is 1. The molecule has 38 heavy (non-hydrogen) atoms. The molecule has 0 bridgehead atoms. The fourth-order valence-electron chi connectivity index (χ4n) is 3.65. The van der Waals surface area contributed by atoms with Crippen LogP contribution in [-0.2, 0) is 9.53 Å². The van der Waals surface area contributed by atoms with E-state index in [0.717, 1.165) is 11.3 Å². The number of ether oxygens (including phenoxy) is 3. The van der Waals surface area contributed by atoms with Crippen LogP contribution in [0.1, 0.15) is 28.7 Å². The van der Waals surface area contributed by atoms with Gasteiger partial charge in [0.2, 0.25) is 11.2 Å². The van der Waals surface area contributed by atoms with Crippen molar-refractivity contribution in [1.29, 1.82) is 0 Å². The summed E-state index contributed by atoms with van der Waals surface area (Å²) in [6, 6.07) is 13.8. The predicted octanol–water partition coefficient (Wildman–Crippen LogP) is 5.37. The molecule has 2 aromatic carbocycles. The third-order valence-corrected chi connectivity index (χ3v) is 6.63. The van der Waals surface area contributed by atoms with Crippen molar-refractivity contribution in [2.45, 2.75) is 26.4 Å². The van der Waals surface area contributed by atoms with Crippen LogP contribution in [0.25, 0.3) is 22.3 Å². The Balaban J connectivity index is 1.65. The Morgan fingerprint density at radius 3 is 2.61 bits per heavy atom. The number of nitrogens with one attached hydrogen (secondary N) is 1. The average molecular weight is 535 g/mol. The molecule has 0 radical (unpaired) electrons. The lowest BCUT2D eigenvalue weighted by molar-refractivity contribution is -0.122. The molecule has 196 valence electrons. The van der Waals surface area contributed by atoms with E-state index in [9.17, 15) is 14.4 Å². The van der Waals surface area contributed by atoms with Gasteiger partial charge in [-0.2, -0.15) is 0 Å². The number of thiazole rings is 1. The van der Waals surface area contributed by atoms with E-state index in [4.69, 9.17) is 18.6 Å². The summed E-state index contributed by atoms with van der Waals surface area (Å²) in [7, 11) is 1.56. The highest BCUT2D eigenvalue weighted by atomic mass is 32.1. The van der Waals surface area contributed by atoms with Crippen LogP contribution in [0, 0.1) is 6.92 Å². The van der Waals surface area contributed by atoms with Crippen LogP contribution in [-0.4, -0.2) is 36.7 Å². The molecule has 0 saturated carbocycles. The highest BCUT2D eigenvalue weighted by Crippen LogP contribution is 2.33. The van der Waals surface area contributed by atoms with Crippen molar-refractivity contribution < 1.29 is 28.2 Å². The number of carbonyl (C=O) groups is 2. The van der Waals surface area contributed by atoms with Crippen LogP contribution in [0.5, 0.6) is 11.5 Å². The lowest BCUT2D eigenvalue weighted by Gasteiger charge is -2.18. The molecular formula is C28H26N2O7S. The Morgan fingerprint density at radius 1 is 1.18 bits per heavy atom. The molecule has 1 atom stereocenters. The van der Waals surface area contributed by atoms with Gasteiger partial charge in [0.25, 0.3) is 5.91 Å². The van der Waals surface area contributed by atoms with Crippen LogP contribution in [0.15, 0.2) is 70.4 Å². The second-order valence-corrected chi connectivity index (χ2v) is 9.14. The second-order valence-electron chi connectivity index (χ2n) is 8.14. The van der Waals surface area contributed by atoms with E-state index in [2.05, 4.69) is 16.9 Å². The molecule has 0 saturated heterocycles. The summed E-state index contributed by atoms with van der Waals surface area (Å²) >= 11 is 0.990. The Morgan fingerprint density at radius 2 is 1.92 bits per heavy atom. The van der Waals surface area contributed by atoms with Crippen molar-refractivity contribution in [3.63, 3.8) is 0 Å². The van der Waals surface area contributed by atoms with Crippen molar-refractivity contribution in [1.82, 2.24) is 4.98 Å². The zero-order valence-corrected chi connectivity index (χ0v) is 21.9. The van der Waals surface area contributed by atoms with Gasteiger partial charge in [0, 0.05) is 5.56 Å². The lowest BCUT2D eigenvalue weighted by Crippen LogP contribution is -2.34. The fourth-order valence-corrected chi connectivity index (χ4v) is 4.52. The summed E-state index contributed by atoms with van der Waals surface area (Å²) in [6.07, 6.45) is 0.666. The summed E-state index contributed by atoms with van der Waals surface area (Å²) in [4.78, 5) is 43.4. The number of benzene rings is 2. The van der Waals surface area contributed by atoms with E-state index in [-0.39, 0.29) is 34.5 Å². The summed E-state index contributed by atoms with van der Waals surface area (Å²) in [6.45, 7) is 6.98. The SMILES string of the molecule is C=CCOC(=O)c1sc(NC(=O)C(CC)Oc2c(-c3ccc(OC)cc3)oc3ccccc3c2=O)nc1C. The molecule has 9 nitrogen and oxygen atoms in total. The Bertz CT molecular complexity index is 1540. The topological polar surface area (TPSA) is 117 Å². The zero-order valence-electron chi connectivity index (χ0n) is 21.1. The van der Waals surface area contributed by atoms with Gasteiger partial charge in [-0.1, -0.05) is 43.0 Å².